The lowest BCUT2D eigenvalue weighted by molar-refractivity contribution is 0.102. The molecule has 6 nitrogen and oxygen atoms in total. The predicted octanol–water partition coefficient (Wildman–Crippen LogP) is 3.83. The largest absolute Gasteiger partial charge is 0.366 e. The number of carbonyl (C=O) groups excluding carboxylic acids is 1. The molecule has 6 heteroatoms. The Hall–Kier alpha value is -3.72. The third-order valence-electron chi connectivity index (χ3n) is 3.91. The summed E-state index contributed by atoms with van der Waals surface area (Å²) in [6.45, 7) is 4.38. The topological polar surface area (TPSA) is 90.7 Å². The molecule has 0 unspecified atom stereocenters. The normalized spacial score (nSPS) is 10.1. The van der Waals surface area contributed by atoms with E-state index < -0.39 is 0 Å². The number of nitrogens with zero attached hydrogens (tertiary/aromatic N) is 3. The predicted molar refractivity (Wildman–Crippen MR) is 104 cm³/mol. The van der Waals surface area contributed by atoms with E-state index in [4.69, 9.17) is 5.26 Å². The van der Waals surface area contributed by atoms with Crippen LogP contribution in [-0.2, 0) is 6.54 Å². The molecule has 0 fully saturated rings. The highest BCUT2D eigenvalue weighted by atomic mass is 16.1. The summed E-state index contributed by atoms with van der Waals surface area (Å²) >= 11 is 0. The summed E-state index contributed by atoms with van der Waals surface area (Å²) in [5.41, 5.74) is 3.61. The Morgan fingerprint density at radius 3 is 2.59 bits per heavy atom. The van der Waals surface area contributed by atoms with Gasteiger partial charge in [0.05, 0.1) is 11.6 Å². The fourth-order valence-corrected chi connectivity index (χ4v) is 2.53. The minimum absolute atomic E-state index is 0.260. The molecule has 0 radical (unpaired) electrons. The second-order valence-electron chi connectivity index (χ2n) is 6.17. The van der Waals surface area contributed by atoms with Gasteiger partial charge in [-0.15, -0.1) is 0 Å². The number of nitrogens with one attached hydrogen (secondary N) is 2. The van der Waals surface area contributed by atoms with Crippen LogP contribution in [0.3, 0.4) is 0 Å². The van der Waals surface area contributed by atoms with Crippen LogP contribution in [0.15, 0.2) is 54.6 Å². The van der Waals surface area contributed by atoms with E-state index in [2.05, 4.69) is 32.7 Å². The van der Waals surface area contributed by atoms with E-state index in [1.165, 1.54) is 5.56 Å². The lowest BCUT2D eigenvalue weighted by Crippen LogP contribution is -2.16. The van der Waals surface area contributed by atoms with E-state index in [-0.39, 0.29) is 11.6 Å². The Morgan fingerprint density at radius 1 is 1.07 bits per heavy atom. The van der Waals surface area contributed by atoms with Gasteiger partial charge in [-0.05, 0) is 37.6 Å². The van der Waals surface area contributed by atoms with Crippen molar-refractivity contribution >= 4 is 17.4 Å². The Balaban J connectivity index is 1.72. The van der Waals surface area contributed by atoms with Crippen molar-refractivity contribution in [3.8, 4) is 6.07 Å². The first-order valence-corrected chi connectivity index (χ1v) is 8.50. The highest BCUT2D eigenvalue weighted by molar-refractivity contribution is 6.03. The van der Waals surface area contributed by atoms with Crippen LogP contribution in [0.2, 0.25) is 0 Å². The number of anilines is 2. The molecule has 0 aliphatic rings. The van der Waals surface area contributed by atoms with Gasteiger partial charge >= 0.3 is 0 Å². The molecule has 27 heavy (non-hydrogen) atoms. The Labute approximate surface area is 157 Å². The van der Waals surface area contributed by atoms with E-state index in [0.717, 1.165) is 5.56 Å². The van der Waals surface area contributed by atoms with Crippen LogP contribution in [0.4, 0.5) is 11.5 Å². The zero-order valence-corrected chi connectivity index (χ0v) is 15.2. The first-order chi connectivity index (χ1) is 13.0. The van der Waals surface area contributed by atoms with Crippen LogP contribution in [0.25, 0.3) is 0 Å². The van der Waals surface area contributed by atoms with E-state index in [9.17, 15) is 4.79 Å². The molecule has 3 aromatic rings. The fraction of sp³-hybridized carbons (Fsp3) is 0.143. The number of hydrogen-bond acceptors (Lipinski definition) is 5. The van der Waals surface area contributed by atoms with Crippen LogP contribution < -0.4 is 10.6 Å². The lowest BCUT2D eigenvalue weighted by atomic mass is 10.1. The van der Waals surface area contributed by atoms with Gasteiger partial charge in [-0.25, -0.2) is 9.97 Å². The average Bonchev–Trinajstić information content (AvgIpc) is 2.67. The molecule has 0 aliphatic heterocycles. The van der Waals surface area contributed by atoms with Gasteiger partial charge in [0.25, 0.3) is 5.91 Å². The standard InChI is InChI=1S/C21H19N5O/c1-14-6-8-16(9-7-14)13-23-20-11-19(24-15(2)25-20)21(27)26-18-5-3-4-17(10-18)12-22/h3-11H,13H2,1-2H3,(H,26,27)(H,23,24,25). The molecule has 2 N–H and O–H groups in total. The smallest absolute Gasteiger partial charge is 0.274 e. The molecule has 134 valence electrons. The molecule has 0 saturated carbocycles. The molecule has 0 bridgehead atoms. The van der Waals surface area contributed by atoms with E-state index in [1.807, 2.05) is 25.1 Å². The number of hydrogen-bond donors (Lipinski definition) is 2. The molecule has 0 saturated heterocycles. The van der Waals surface area contributed by atoms with Crippen molar-refractivity contribution in [1.29, 1.82) is 5.26 Å². The second kappa shape index (κ2) is 8.11. The summed E-state index contributed by atoms with van der Waals surface area (Å²) in [7, 11) is 0. The molecule has 1 heterocycles. The van der Waals surface area contributed by atoms with E-state index >= 15 is 0 Å². The zero-order valence-electron chi connectivity index (χ0n) is 15.2. The van der Waals surface area contributed by atoms with Crippen LogP contribution in [0, 0.1) is 25.2 Å². The Morgan fingerprint density at radius 2 is 1.85 bits per heavy atom. The van der Waals surface area contributed by atoms with Gasteiger partial charge in [0, 0.05) is 18.3 Å². The second-order valence-corrected chi connectivity index (χ2v) is 6.17. The summed E-state index contributed by atoms with van der Waals surface area (Å²) in [6.07, 6.45) is 0. The van der Waals surface area contributed by atoms with Crippen LogP contribution >= 0.6 is 0 Å². The monoisotopic (exact) mass is 357 g/mol. The molecule has 1 amide bonds. The molecule has 0 aliphatic carbocycles. The molecule has 0 atom stereocenters. The highest BCUT2D eigenvalue weighted by Crippen LogP contribution is 2.14. The third kappa shape index (κ3) is 4.89. The van der Waals surface area contributed by atoms with Gasteiger partial charge in [-0.3, -0.25) is 4.79 Å². The average molecular weight is 357 g/mol. The van der Waals surface area contributed by atoms with Crippen molar-refractivity contribution in [2.75, 3.05) is 10.6 Å². The quantitative estimate of drug-likeness (QED) is 0.724. The fourth-order valence-electron chi connectivity index (χ4n) is 2.53. The maximum absolute atomic E-state index is 12.5. The summed E-state index contributed by atoms with van der Waals surface area (Å²) in [5, 5.41) is 14.9. The summed E-state index contributed by atoms with van der Waals surface area (Å²) in [5.74, 6) is 0.729. The minimum Gasteiger partial charge on any atom is -0.366 e. The van der Waals surface area contributed by atoms with E-state index in [1.54, 1.807) is 37.3 Å². The molecule has 0 spiro atoms. The third-order valence-corrected chi connectivity index (χ3v) is 3.91. The number of rotatable bonds is 5. The van der Waals surface area contributed by atoms with Crippen molar-refractivity contribution in [3.05, 3.63) is 82.8 Å². The molecule has 2 aromatic carbocycles. The van der Waals surface area contributed by atoms with Crippen molar-refractivity contribution in [3.63, 3.8) is 0 Å². The summed E-state index contributed by atoms with van der Waals surface area (Å²) in [6, 6.07) is 18.6. The number of benzene rings is 2. The van der Waals surface area contributed by atoms with Gasteiger partial charge in [-0.1, -0.05) is 35.9 Å². The lowest BCUT2D eigenvalue weighted by Gasteiger charge is -2.10. The number of nitriles is 1. The van der Waals surface area contributed by atoms with Crippen LogP contribution in [-0.4, -0.2) is 15.9 Å². The number of carbonyl (C=O) groups is 1. The maximum atomic E-state index is 12.5. The number of amides is 1. The molecular formula is C21H19N5O. The van der Waals surface area contributed by atoms with Gasteiger partial charge in [0.1, 0.15) is 17.3 Å². The molecule has 1 aromatic heterocycles. The Kier molecular flexibility index (Phi) is 5.43. The van der Waals surface area contributed by atoms with E-state index in [0.29, 0.717) is 29.4 Å². The van der Waals surface area contributed by atoms with Crippen LogP contribution in [0.5, 0.6) is 0 Å². The maximum Gasteiger partial charge on any atom is 0.274 e. The van der Waals surface area contributed by atoms with Gasteiger partial charge in [0.2, 0.25) is 0 Å². The minimum atomic E-state index is -0.353. The summed E-state index contributed by atoms with van der Waals surface area (Å²) in [4.78, 5) is 21.1. The molecular weight excluding hydrogens is 338 g/mol. The van der Waals surface area contributed by atoms with Crippen molar-refractivity contribution in [1.82, 2.24) is 9.97 Å². The van der Waals surface area contributed by atoms with Crippen LogP contribution in [0.1, 0.15) is 33.0 Å². The first-order valence-electron chi connectivity index (χ1n) is 8.50. The molecule has 3 rings (SSSR count). The van der Waals surface area contributed by atoms with Gasteiger partial charge in [-0.2, -0.15) is 5.26 Å². The zero-order chi connectivity index (χ0) is 19.2. The van der Waals surface area contributed by atoms with Crippen molar-refractivity contribution in [2.24, 2.45) is 0 Å². The van der Waals surface area contributed by atoms with Gasteiger partial charge in [0.15, 0.2) is 0 Å². The number of aromatic nitrogens is 2. The van der Waals surface area contributed by atoms with Gasteiger partial charge < -0.3 is 10.6 Å². The Bertz CT molecular complexity index is 1010. The summed E-state index contributed by atoms with van der Waals surface area (Å²) < 4.78 is 0. The first kappa shape index (κ1) is 18.1. The van der Waals surface area contributed by atoms with Crippen molar-refractivity contribution < 1.29 is 4.79 Å². The highest BCUT2D eigenvalue weighted by Gasteiger charge is 2.11. The number of aryl methyl sites for hydroxylation is 2. The SMILES string of the molecule is Cc1ccc(CNc2cc(C(=O)Nc3cccc(C#N)c3)nc(C)n2)cc1. The van der Waals surface area contributed by atoms with Crippen molar-refractivity contribution in [2.45, 2.75) is 20.4 Å².